The summed E-state index contributed by atoms with van der Waals surface area (Å²) in [6.45, 7) is 0. The van der Waals surface area contributed by atoms with E-state index in [1.807, 2.05) is 0 Å². The van der Waals surface area contributed by atoms with Gasteiger partial charge in [0.2, 0.25) is 0 Å². The molecule has 2 aromatic heterocycles. The van der Waals surface area contributed by atoms with Crippen LogP contribution in [0.5, 0.6) is 0 Å². The molecule has 14 rings (SSSR count). The van der Waals surface area contributed by atoms with E-state index in [0.29, 0.717) is 11.8 Å². The standard InChI is InChI=1S/C50H36N2O/c1-2-11-31(12-3-1)49-51-41-19-18-30-10-6-7-15-36(30)45(41)48(52-49)39-27-43-46(38-25-32-13-4-5-14-33(32)26-42(38)53-43)47-44(39)37-16-8-9-17-40(37)50(47)34-21-28-20-29(23-34)24-35(50)22-28/h1-19,25-29,34-35H,20-24H2. The lowest BCUT2D eigenvalue weighted by atomic mass is 9.43. The summed E-state index contributed by atoms with van der Waals surface area (Å²) in [7, 11) is 0. The summed E-state index contributed by atoms with van der Waals surface area (Å²) < 4.78 is 7.10. The van der Waals surface area contributed by atoms with E-state index in [9.17, 15) is 0 Å². The molecule has 3 heteroatoms. The first-order chi connectivity index (χ1) is 26.2. The van der Waals surface area contributed by atoms with Gasteiger partial charge in [-0.1, -0.05) is 109 Å². The normalized spacial score (nSPS) is 23.9. The minimum absolute atomic E-state index is 0.0524. The first-order valence-corrected chi connectivity index (χ1v) is 19.5. The van der Waals surface area contributed by atoms with E-state index in [4.69, 9.17) is 14.4 Å². The highest BCUT2D eigenvalue weighted by molar-refractivity contribution is 6.19. The fourth-order valence-electron chi connectivity index (χ4n) is 12.3. The van der Waals surface area contributed by atoms with Crippen LogP contribution in [0.1, 0.15) is 43.2 Å². The zero-order valence-corrected chi connectivity index (χ0v) is 29.3. The van der Waals surface area contributed by atoms with Gasteiger partial charge in [0, 0.05) is 32.7 Å². The number of hydrogen-bond acceptors (Lipinski definition) is 3. The minimum atomic E-state index is -0.0524. The van der Waals surface area contributed by atoms with Crippen LogP contribution in [0, 0.1) is 23.7 Å². The molecule has 0 unspecified atom stereocenters. The van der Waals surface area contributed by atoms with Gasteiger partial charge in [-0.15, -0.1) is 0 Å². The molecule has 1 spiro atoms. The highest BCUT2D eigenvalue weighted by Gasteiger charge is 2.62. The van der Waals surface area contributed by atoms with Crippen molar-refractivity contribution in [3.63, 3.8) is 0 Å². The molecule has 7 aromatic carbocycles. The van der Waals surface area contributed by atoms with E-state index in [2.05, 4.69) is 133 Å². The summed E-state index contributed by atoms with van der Waals surface area (Å²) in [5.74, 6) is 3.70. The van der Waals surface area contributed by atoms with Crippen molar-refractivity contribution in [2.45, 2.75) is 37.5 Å². The van der Waals surface area contributed by atoms with Gasteiger partial charge in [0.1, 0.15) is 11.2 Å². The molecule has 0 N–H and O–H groups in total. The number of hydrogen-bond donors (Lipinski definition) is 0. The molecule has 3 nitrogen and oxygen atoms in total. The molecule has 0 amide bonds. The second-order valence-corrected chi connectivity index (χ2v) is 16.5. The quantitative estimate of drug-likeness (QED) is 0.171. The molecule has 5 aliphatic carbocycles. The molecular formula is C50H36N2O. The third kappa shape index (κ3) is 3.70. The van der Waals surface area contributed by atoms with Crippen molar-refractivity contribution in [1.82, 2.24) is 9.97 Å². The summed E-state index contributed by atoms with van der Waals surface area (Å²) in [6, 6.07) is 48.8. The number of nitrogens with zero attached hydrogens (tertiary/aromatic N) is 2. The third-order valence-corrected chi connectivity index (χ3v) is 14.0. The number of rotatable bonds is 2. The predicted molar refractivity (Wildman–Crippen MR) is 216 cm³/mol. The van der Waals surface area contributed by atoms with Crippen LogP contribution in [0.15, 0.2) is 138 Å². The Hall–Kier alpha value is -5.80. The zero-order chi connectivity index (χ0) is 34.4. The van der Waals surface area contributed by atoms with Crippen molar-refractivity contribution in [1.29, 1.82) is 0 Å². The molecule has 2 heterocycles. The van der Waals surface area contributed by atoms with Gasteiger partial charge in [-0.05, 0) is 124 Å². The van der Waals surface area contributed by atoms with Crippen molar-refractivity contribution in [3.05, 3.63) is 145 Å². The second kappa shape index (κ2) is 10.2. The van der Waals surface area contributed by atoms with Gasteiger partial charge < -0.3 is 4.42 Å². The van der Waals surface area contributed by atoms with Gasteiger partial charge in [-0.2, -0.15) is 0 Å². The van der Waals surface area contributed by atoms with Crippen molar-refractivity contribution in [2.75, 3.05) is 0 Å². The van der Waals surface area contributed by atoms with Crippen LogP contribution in [0.4, 0.5) is 0 Å². The van der Waals surface area contributed by atoms with E-state index in [1.165, 1.54) is 81.1 Å². The molecule has 0 radical (unpaired) electrons. The van der Waals surface area contributed by atoms with Crippen molar-refractivity contribution in [2.24, 2.45) is 23.7 Å². The Morgan fingerprint density at radius 3 is 2.04 bits per heavy atom. The Labute approximate surface area is 307 Å². The van der Waals surface area contributed by atoms with Gasteiger partial charge in [0.25, 0.3) is 0 Å². The van der Waals surface area contributed by atoms with Crippen LogP contribution in [-0.2, 0) is 5.41 Å². The van der Waals surface area contributed by atoms with Gasteiger partial charge >= 0.3 is 0 Å². The molecule has 9 aromatic rings. The fourth-order valence-corrected chi connectivity index (χ4v) is 12.3. The van der Waals surface area contributed by atoms with E-state index in [1.54, 1.807) is 5.56 Å². The van der Waals surface area contributed by atoms with E-state index < -0.39 is 0 Å². The maximum atomic E-state index is 7.10. The van der Waals surface area contributed by atoms with E-state index in [0.717, 1.165) is 56.6 Å². The third-order valence-electron chi connectivity index (χ3n) is 14.0. The Kier molecular flexibility index (Phi) is 5.53. The van der Waals surface area contributed by atoms with Crippen molar-refractivity contribution >= 4 is 54.4 Å². The highest BCUT2D eigenvalue weighted by Crippen LogP contribution is 2.71. The van der Waals surface area contributed by atoms with Crippen LogP contribution in [0.3, 0.4) is 0 Å². The van der Waals surface area contributed by atoms with Crippen LogP contribution < -0.4 is 0 Å². The average Bonchev–Trinajstić information content (AvgIpc) is 3.71. The Balaban J connectivity index is 1.24. The van der Waals surface area contributed by atoms with Gasteiger partial charge in [-0.25, -0.2) is 9.97 Å². The highest BCUT2D eigenvalue weighted by atomic mass is 16.3. The lowest BCUT2D eigenvalue weighted by molar-refractivity contribution is -0.0393. The zero-order valence-electron chi connectivity index (χ0n) is 29.3. The summed E-state index contributed by atoms with van der Waals surface area (Å²) in [5, 5.41) is 8.52. The molecule has 0 saturated heterocycles. The van der Waals surface area contributed by atoms with Crippen LogP contribution >= 0.6 is 0 Å². The summed E-state index contributed by atoms with van der Waals surface area (Å²) >= 11 is 0. The summed E-state index contributed by atoms with van der Waals surface area (Å²) in [4.78, 5) is 10.9. The Bertz CT molecular complexity index is 3000. The fraction of sp³-hybridized carbons (Fsp3) is 0.200. The molecule has 4 saturated carbocycles. The summed E-state index contributed by atoms with van der Waals surface area (Å²) in [5.41, 5.74) is 11.8. The lowest BCUT2D eigenvalue weighted by Crippen LogP contribution is -2.55. The van der Waals surface area contributed by atoms with Gasteiger partial charge in [0.05, 0.1) is 11.2 Å². The monoisotopic (exact) mass is 680 g/mol. The first kappa shape index (κ1) is 28.7. The average molecular weight is 681 g/mol. The van der Waals surface area contributed by atoms with Crippen molar-refractivity contribution in [3.8, 4) is 33.8 Å². The molecule has 4 fully saturated rings. The molecular weight excluding hydrogens is 645 g/mol. The Morgan fingerprint density at radius 2 is 1.23 bits per heavy atom. The maximum absolute atomic E-state index is 7.10. The second-order valence-electron chi connectivity index (χ2n) is 16.5. The molecule has 4 bridgehead atoms. The smallest absolute Gasteiger partial charge is 0.160 e. The van der Waals surface area contributed by atoms with E-state index >= 15 is 0 Å². The van der Waals surface area contributed by atoms with Gasteiger partial charge in [0.15, 0.2) is 5.82 Å². The molecule has 0 aliphatic heterocycles. The Morgan fingerprint density at radius 1 is 0.528 bits per heavy atom. The maximum Gasteiger partial charge on any atom is 0.160 e. The summed E-state index contributed by atoms with van der Waals surface area (Å²) in [6.07, 6.45) is 6.72. The van der Waals surface area contributed by atoms with Crippen LogP contribution in [0.2, 0.25) is 0 Å². The van der Waals surface area contributed by atoms with Gasteiger partial charge in [-0.3, -0.25) is 0 Å². The molecule has 53 heavy (non-hydrogen) atoms. The lowest BCUT2D eigenvalue weighted by Gasteiger charge is -2.61. The van der Waals surface area contributed by atoms with E-state index in [-0.39, 0.29) is 5.41 Å². The largest absolute Gasteiger partial charge is 0.456 e. The number of aromatic nitrogens is 2. The van der Waals surface area contributed by atoms with Crippen LogP contribution in [-0.4, -0.2) is 9.97 Å². The first-order valence-electron chi connectivity index (χ1n) is 19.5. The minimum Gasteiger partial charge on any atom is -0.456 e. The molecule has 0 atom stereocenters. The van der Waals surface area contributed by atoms with Crippen LogP contribution in [0.25, 0.3) is 88.2 Å². The SMILES string of the molecule is c1ccc(-c2nc(-c3cc4oc5cc6ccccc6cc5c4c4c3-c3ccccc3C43C4CC5CC(C4)CC3C5)c3c(ccc4ccccc43)n2)cc1. The number of furan rings is 1. The number of fused-ring (bicyclic) bond motifs is 11. The van der Waals surface area contributed by atoms with Crippen molar-refractivity contribution < 1.29 is 4.42 Å². The number of benzene rings is 7. The molecule has 5 aliphatic rings. The topological polar surface area (TPSA) is 38.9 Å². The predicted octanol–water partition coefficient (Wildman–Crippen LogP) is 12.9. The molecule has 252 valence electrons.